The van der Waals surface area contributed by atoms with Crippen molar-refractivity contribution >= 4 is 0 Å². The van der Waals surface area contributed by atoms with Gasteiger partial charge in [0.2, 0.25) is 5.82 Å². The normalized spacial score (nSPS) is 10.8. The van der Waals surface area contributed by atoms with Gasteiger partial charge in [-0.05, 0) is 53.6 Å². The summed E-state index contributed by atoms with van der Waals surface area (Å²) in [4.78, 5) is 0. The molecule has 0 aromatic heterocycles. The molecule has 0 heterocycles. The average Bonchev–Trinajstić information content (AvgIpc) is 2.83. The summed E-state index contributed by atoms with van der Waals surface area (Å²) >= 11 is 0. The Bertz CT molecular complexity index is 1260. The quantitative estimate of drug-likeness (QED) is 0.248. The van der Waals surface area contributed by atoms with Gasteiger partial charge in [-0.25, -0.2) is 13.2 Å². The number of ether oxygens (including phenoxy) is 2. The van der Waals surface area contributed by atoms with Gasteiger partial charge in [-0.1, -0.05) is 36.4 Å². The van der Waals surface area contributed by atoms with Gasteiger partial charge in [0.25, 0.3) is 0 Å². The lowest BCUT2D eigenvalue weighted by molar-refractivity contribution is 0.217. The molecule has 4 rings (SSSR count). The third kappa shape index (κ3) is 4.92. The lowest BCUT2D eigenvalue weighted by atomic mass is 10.0. The first-order chi connectivity index (χ1) is 15.9. The van der Waals surface area contributed by atoms with Crippen molar-refractivity contribution in [3.63, 3.8) is 0 Å². The Balaban J connectivity index is 1.30. The fourth-order valence-corrected chi connectivity index (χ4v) is 3.27. The molecular formula is C26H18F4O3. The maximum atomic E-state index is 14.0. The predicted molar refractivity (Wildman–Crippen MR) is 116 cm³/mol. The van der Waals surface area contributed by atoms with E-state index in [1.807, 2.05) is 0 Å². The third-order valence-electron chi connectivity index (χ3n) is 4.96. The molecule has 0 aliphatic rings. The fraction of sp³-hybridized carbons (Fsp3) is 0.0769. The summed E-state index contributed by atoms with van der Waals surface area (Å²) in [5.41, 5.74) is 1.16. The number of phenolic OH excluding ortho intramolecular Hbond substituents is 1. The van der Waals surface area contributed by atoms with Crippen molar-refractivity contribution in [1.29, 1.82) is 0 Å². The Labute approximate surface area is 187 Å². The van der Waals surface area contributed by atoms with Crippen LogP contribution in [0.2, 0.25) is 0 Å². The van der Waals surface area contributed by atoms with Crippen LogP contribution >= 0.6 is 0 Å². The van der Waals surface area contributed by atoms with Crippen LogP contribution in [0.1, 0.15) is 0 Å². The lowest BCUT2D eigenvalue weighted by Gasteiger charge is -2.10. The van der Waals surface area contributed by atoms with Crippen LogP contribution in [0.5, 0.6) is 17.2 Å². The van der Waals surface area contributed by atoms with Gasteiger partial charge in [-0.3, -0.25) is 0 Å². The second-order valence-electron chi connectivity index (χ2n) is 7.11. The molecule has 0 aliphatic carbocycles. The smallest absolute Gasteiger partial charge is 0.200 e. The molecule has 1 N–H and O–H groups in total. The summed E-state index contributed by atoms with van der Waals surface area (Å²) in [5.74, 6) is -3.91. The summed E-state index contributed by atoms with van der Waals surface area (Å²) in [6.07, 6.45) is 0. The van der Waals surface area contributed by atoms with E-state index in [-0.39, 0.29) is 24.3 Å². The Hall–Kier alpha value is -4.00. The molecule has 4 aromatic carbocycles. The second kappa shape index (κ2) is 9.65. The van der Waals surface area contributed by atoms with Crippen molar-refractivity contribution < 1.29 is 32.1 Å². The Morgan fingerprint density at radius 2 is 1.06 bits per heavy atom. The molecule has 0 amide bonds. The SMILES string of the molecule is Oc1ccc(-c2ccc(OCCOc3ccc(-c4cccc(F)c4F)cc3)cc2)c(F)c1F. The van der Waals surface area contributed by atoms with Gasteiger partial charge in [-0.15, -0.1) is 0 Å². The van der Waals surface area contributed by atoms with Crippen LogP contribution in [0.3, 0.4) is 0 Å². The van der Waals surface area contributed by atoms with E-state index < -0.39 is 29.0 Å². The first-order valence-corrected chi connectivity index (χ1v) is 10.0. The summed E-state index contributed by atoms with van der Waals surface area (Å²) in [5, 5.41) is 9.23. The van der Waals surface area contributed by atoms with Crippen LogP contribution in [-0.2, 0) is 0 Å². The summed E-state index contributed by atoms with van der Waals surface area (Å²) < 4.78 is 66.0. The van der Waals surface area contributed by atoms with Crippen molar-refractivity contribution in [1.82, 2.24) is 0 Å². The minimum absolute atomic E-state index is 0.0294. The molecule has 0 fully saturated rings. The highest BCUT2D eigenvalue weighted by molar-refractivity contribution is 5.66. The van der Waals surface area contributed by atoms with Crippen LogP contribution in [0.15, 0.2) is 78.9 Å². The van der Waals surface area contributed by atoms with Gasteiger partial charge in [-0.2, -0.15) is 4.39 Å². The lowest BCUT2D eigenvalue weighted by Crippen LogP contribution is -2.08. The number of hydrogen-bond donors (Lipinski definition) is 1. The van der Waals surface area contributed by atoms with Crippen LogP contribution < -0.4 is 9.47 Å². The second-order valence-corrected chi connectivity index (χ2v) is 7.11. The molecule has 0 atom stereocenters. The van der Waals surface area contributed by atoms with Crippen molar-refractivity contribution in [2.24, 2.45) is 0 Å². The Morgan fingerprint density at radius 3 is 1.61 bits per heavy atom. The molecule has 168 valence electrons. The highest BCUT2D eigenvalue weighted by Gasteiger charge is 2.14. The zero-order chi connectivity index (χ0) is 23.4. The molecule has 0 aliphatic heterocycles. The van der Waals surface area contributed by atoms with Gasteiger partial charge in [0.1, 0.15) is 24.7 Å². The zero-order valence-electron chi connectivity index (χ0n) is 17.2. The molecule has 4 aromatic rings. The molecule has 33 heavy (non-hydrogen) atoms. The molecule has 3 nitrogen and oxygen atoms in total. The number of rotatable bonds is 7. The fourth-order valence-electron chi connectivity index (χ4n) is 3.27. The van der Waals surface area contributed by atoms with Crippen molar-refractivity contribution in [2.45, 2.75) is 0 Å². The van der Waals surface area contributed by atoms with Gasteiger partial charge in [0.15, 0.2) is 23.2 Å². The minimum Gasteiger partial charge on any atom is -0.505 e. The van der Waals surface area contributed by atoms with E-state index in [0.717, 1.165) is 12.1 Å². The van der Waals surface area contributed by atoms with E-state index in [2.05, 4.69) is 0 Å². The van der Waals surface area contributed by atoms with E-state index in [9.17, 15) is 22.7 Å². The number of halogens is 4. The monoisotopic (exact) mass is 454 g/mol. The van der Waals surface area contributed by atoms with Gasteiger partial charge in [0.05, 0.1) is 0 Å². The molecule has 0 bridgehead atoms. The molecule has 0 unspecified atom stereocenters. The standard InChI is InChI=1S/C26H18F4O3/c27-22-3-1-2-20(24(22)28)16-4-8-18(9-5-16)32-14-15-33-19-10-6-17(7-11-19)21-12-13-23(31)26(30)25(21)29/h1-13,31H,14-15H2. The summed E-state index contributed by atoms with van der Waals surface area (Å²) in [6, 6.07) is 19.4. The third-order valence-corrected chi connectivity index (χ3v) is 4.96. The predicted octanol–water partition coefficient (Wildman–Crippen LogP) is 6.74. The van der Waals surface area contributed by atoms with Crippen molar-refractivity contribution in [2.75, 3.05) is 13.2 Å². The molecule has 0 radical (unpaired) electrons. The van der Waals surface area contributed by atoms with Crippen LogP contribution in [0.25, 0.3) is 22.3 Å². The highest BCUT2D eigenvalue weighted by Crippen LogP contribution is 2.30. The van der Waals surface area contributed by atoms with E-state index in [1.165, 1.54) is 18.2 Å². The maximum Gasteiger partial charge on any atom is 0.200 e. The van der Waals surface area contributed by atoms with Gasteiger partial charge in [0, 0.05) is 11.1 Å². The van der Waals surface area contributed by atoms with E-state index in [1.54, 1.807) is 48.5 Å². The minimum atomic E-state index is -1.29. The molecule has 0 saturated carbocycles. The maximum absolute atomic E-state index is 14.0. The van der Waals surface area contributed by atoms with Gasteiger partial charge >= 0.3 is 0 Å². The zero-order valence-corrected chi connectivity index (χ0v) is 17.2. The highest BCUT2D eigenvalue weighted by atomic mass is 19.2. The summed E-state index contributed by atoms with van der Waals surface area (Å²) in [7, 11) is 0. The van der Waals surface area contributed by atoms with E-state index >= 15 is 0 Å². The first kappa shape index (κ1) is 22.2. The van der Waals surface area contributed by atoms with Gasteiger partial charge < -0.3 is 14.6 Å². The van der Waals surface area contributed by atoms with E-state index in [4.69, 9.17) is 9.47 Å². The molecule has 0 spiro atoms. The molecular weight excluding hydrogens is 436 g/mol. The van der Waals surface area contributed by atoms with Crippen LogP contribution in [0.4, 0.5) is 17.6 Å². The number of phenols is 1. The number of hydrogen-bond acceptors (Lipinski definition) is 3. The van der Waals surface area contributed by atoms with Crippen molar-refractivity contribution in [3.8, 4) is 39.5 Å². The number of benzene rings is 4. The molecule has 0 saturated heterocycles. The Kier molecular flexibility index (Phi) is 6.49. The largest absolute Gasteiger partial charge is 0.505 e. The molecule has 7 heteroatoms. The van der Waals surface area contributed by atoms with E-state index in [0.29, 0.717) is 22.6 Å². The van der Waals surface area contributed by atoms with Crippen LogP contribution in [0, 0.1) is 23.3 Å². The van der Waals surface area contributed by atoms with Crippen LogP contribution in [-0.4, -0.2) is 18.3 Å². The summed E-state index contributed by atoms with van der Waals surface area (Å²) in [6.45, 7) is 0.453. The Morgan fingerprint density at radius 1 is 0.545 bits per heavy atom. The number of aromatic hydroxyl groups is 1. The first-order valence-electron chi connectivity index (χ1n) is 10.0. The average molecular weight is 454 g/mol. The topological polar surface area (TPSA) is 38.7 Å². The van der Waals surface area contributed by atoms with Crippen molar-refractivity contribution in [3.05, 3.63) is 102 Å².